The van der Waals surface area contributed by atoms with Gasteiger partial charge in [-0.25, -0.2) is 4.98 Å². The van der Waals surface area contributed by atoms with Gasteiger partial charge in [-0.2, -0.15) is 0 Å². The van der Waals surface area contributed by atoms with Gasteiger partial charge in [-0.05, 0) is 33.8 Å². The third kappa shape index (κ3) is 3.43. The molecule has 1 amide bonds. The van der Waals surface area contributed by atoms with Gasteiger partial charge in [0.2, 0.25) is 5.88 Å². The first-order chi connectivity index (χ1) is 8.40. The van der Waals surface area contributed by atoms with E-state index in [1.807, 2.05) is 13.8 Å². The summed E-state index contributed by atoms with van der Waals surface area (Å²) in [7, 11) is 1.55. The van der Waals surface area contributed by atoms with Crippen molar-refractivity contribution in [3.8, 4) is 5.88 Å². The Balaban J connectivity index is 2.82. The van der Waals surface area contributed by atoms with Crippen molar-refractivity contribution in [2.24, 2.45) is 0 Å². The third-order valence-electron chi connectivity index (χ3n) is 2.57. The lowest BCUT2D eigenvalue weighted by molar-refractivity contribution is -0.136. The Labute approximate surface area is 108 Å². The van der Waals surface area contributed by atoms with Crippen LogP contribution in [0.4, 0.5) is 5.69 Å². The van der Waals surface area contributed by atoms with E-state index < -0.39 is 5.60 Å². The normalized spacial score (nSPS) is 11.2. The fourth-order valence-corrected chi connectivity index (χ4v) is 1.48. The molecular weight excluding hydrogens is 232 g/mol. The highest BCUT2D eigenvalue weighted by atomic mass is 16.5. The summed E-state index contributed by atoms with van der Waals surface area (Å²) in [6, 6.07) is 3.47. The molecule has 5 nitrogen and oxygen atoms in total. The molecule has 0 saturated heterocycles. The Hall–Kier alpha value is -1.62. The minimum absolute atomic E-state index is 0.195. The molecule has 0 unspecified atom stereocenters. The van der Waals surface area contributed by atoms with Crippen LogP contribution in [0.1, 0.15) is 26.5 Å². The number of ether oxygens (including phenoxy) is 2. The zero-order valence-electron chi connectivity index (χ0n) is 11.5. The molecule has 0 aliphatic rings. The van der Waals surface area contributed by atoms with Gasteiger partial charge in [0.05, 0.1) is 18.5 Å². The quantitative estimate of drug-likeness (QED) is 0.872. The number of aryl methyl sites for hydroxylation is 1. The summed E-state index contributed by atoms with van der Waals surface area (Å²) in [5, 5.41) is 2.80. The van der Waals surface area contributed by atoms with Crippen LogP contribution in [0.3, 0.4) is 0 Å². The van der Waals surface area contributed by atoms with E-state index >= 15 is 0 Å². The number of methoxy groups -OCH3 is 1. The lowest BCUT2D eigenvalue weighted by Crippen LogP contribution is -2.40. The van der Waals surface area contributed by atoms with E-state index in [-0.39, 0.29) is 5.91 Å². The minimum Gasteiger partial charge on any atom is -0.481 e. The minimum atomic E-state index is -0.860. The molecule has 0 fully saturated rings. The molecule has 0 aromatic carbocycles. The van der Waals surface area contributed by atoms with Crippen LogP contribution < -0.4 is 10.1 Å². The molecular formula is C13H20N2O3. The SMILES string of the molecule is CCOC(C)(C)C(=O)Nc1ccc(OC)nc1C. The maximum Gasteiger partial charge on any atom is 0.256 e. The molecule has 0 atom stereocenters. The second kappa shape index (κ2) is 5.82. The van der Waals surface area contributed by atoms with Crippen molar-refractivity contribution in [2.45, 2.75) is 33.3 Å². The van der Waals surface area contributed by atoms with E-state index in [0.29, 0.717) is 23.9 Å². The summed E-state index contributed by atoms with van der Waals surface area (Å²) in [5.41, 5.74) is 0.504. The van der Waals surface area contributed by atoms with Gasteiger partial charge in [0, 0.05) is 12.7 Å². The number of amides is 1. The average Bonchev–Trinajstić information content (AvgIpc) is 2.31. The van der Waals surface area contributed by atoms with Crippen LogP contribution in [0, 0.1) is 6.92 Å². The molecule has 0 bridgehead atoms. The second-order valence-electron chi connectivity index (χ2n) is 4.38. The molecule has 0 aliphatic carbocycles. The molecule has 5 heteroatoms. The van der Waals surface area contributed by atoms with Crippen molar-refractivity contribution in [1.82, 2.24) is 4.98 Å². The largest absolute Gasteiger partial charge is 0.481 e. The molecule has 1 aromatic heterocycles. The van der Waals surface area contributed by atoms with Gasteiger partial charge in [-0.1, -0.05) is 0 Å². The maximum atomic E-state index is 12.0. The molecule has 0 aliphatic heterocycles. The summed E-state index contributed by atoms with van der Waals surface area (Å²) < 4.78 is 10.4. The predicted molar refractivity (Wildman–Crippen MR) is 69.9 cm³/mol. The number of aromatic nitrogens is 1. The Bertz CT molecular complexity index is 430. The van der Waals surface area contributed by atoms with Gasteiger partial charge in [-0.3, -0.25) is 4.79 Å². The van der Waals surface area contributed by atoms with E-state index in [4.69, 9.17) is 9.47 Å². The first-order valence-corrected chi connectivity index (χ1v) is 5.87. The van der Waals surface area contributed by atoms with Crippen molar-refractivity contribution in [3.63, 3.8) is 0 Å². The fourth-order valence-electron chi connectivity index (χ4n) is 1.48. The van der Waals surface area contributed by atoms with Crippen molar-refractivity contribution >= 4 is 11.6 Å². The van der Waals surface area contributed by atoms with E-state index in [2.05, 4.69) is 10.3 Å². The van der Waals surface area contributed by atoms with E-state index in [0.717, 1.165) is 0 Å². The monoisotopic (exact) mass is 252 g/mol. The lowest BCUT2D eigenvalue weighted by Gasteiger charge is -2.23. The summed E-state index contributed by atoms with van der Waals surface area (Å²) in [4.78, 5) is 16.2. The Morgan fingerprint density at radius 1 is 1.44 bits per heavy atom. The molecule has 18 heavy (non-hydrogen) atoms. The number of carbonyl (C=O) groups is 1. The van der Waals surface area contributed by atoms with Gasteiger partial charge in [0.1, 0.15) is 5.60 Å². The summed E-state index contributed by atoms with van der Waals surface area (Å²) >= 11 is 0. The topological polar surface area (TPSA) is 60.5 Å². The molecule has 0 spiro atoms. The number of nitrogens with one attached hydrogen (secondary N) is 1. The lowest BCUT2D eigenvalue weighted by atomic mass is 10.1. The Kier molecular flexibility index (Phi) is 4.67. The molecule has 0 saturated carbocycles. The summed E-state index contributed by atoms with van der Waals surface area (Å²) in [5.74, 6) is 0.328. The van der Waals surface area contributed by atoms with Crippen LogP contribution in [0.15, 0.2) is 12.1 Å². The van der Waals surface area contributed by atoms with Gasteiger partial charge >= 0.3 is 0 Å². The van der Waals surface area contributed by atoms with Crippen LogP contribution >= 0.6 is 0 Å². The average molecular weight is 252 g/mol. The Morgan fingerprint density at radius 2 is 2.11 bits per heavy atom. The van der Waals surface area contributed by atoms with Crippen LogP contribution in [0.2, 0.25) is 0 Å². The first-order valence-electron chi connectivity index (χ1n) is 5.87. The summed E-state index contributed by atoms with van der Waals surface area (Å²) in [6.45, 7) is 7.62. The molecule has 1 heterocycles. The van der Waals surface area contributed by atoms with Crippen molar-refractivity contribution in [2.75, 3.05) is 19.0 Å². The Morgan fingerprint density at radius 3 is 2.61 bits per heavy atom. The smallest absolute Gasteiger partial charge is 0.256 e. The highest BCUT2D eigenvalue weighted by Gasteiger charge is 2.28. The number of nitrogens with zero attached hydrogens (tertiary/aromatic N) is 1. The number of hydrogen-bond donors (Lipinski definition) is 1. The van der Waals surface area contributed by atoms with Gasteiger partial charge in [-0.15, -0.1) is 0 Å². The molecule has 1 N–H and O–H groups in total. The van der Waals surface area contributed by atoms with E-state index in [1.165, 1.54) is 0 Å². The van der Waals surface area contributed by atoms with Crippen molar-refractivity contribution < 1.29 is 14.3 Å². The number of anilines is 1. The second-order valence-corrected chi connectivity index (χ2v) is 4.38. The molecule has 1 rings (SSSR count). The first kappa shape index (κ1) is 14.4. The van der Waals surface area contributed by atoms with Crippen LogP contribution in [-0.4, -0.2) is 30.2 Å². The fraction of sp³-hybridized carbons (Fsp3) is 0.538. The number of pyridine rings is 1. The zero-order valence-corrected chi connectivity index (χ0v) is 11.5. The number of hydrogen-bond acceptors (Lipinski definition) is 4. The molecule has 1 aromatic rings. The van der Waals surface area contributed by atoms with E-state index in [9.17, 15) is 4.79 Å². The van der Waals surface area contributed by atoms with Crippen LogP contribution in [-0.2, 0) is 9.53 Å². The van der Waals surface area contributed by atoms with Crippen LogP contribution in [0.25, 0.3) is 0 Å². The summed E-state index contributed by atoms with van der Waals surface area (Å²) in [6.07, 6.45) is 0. The standard InChI is InChI=1S/C13H20N2O3/c1-6-18-13(3,4)12(16)15-10-7-8-11(17-5)14-9(10)2/h7-8H,6H2,1-5H3,(H,15,16). The molecule has 0 radical (unpaired) electrons. The van der Waals surface area contributed by atoms with E-state index in [1.54, 1.807) is 33.1 Å². The highest BCUT2D eigenvalue weighted by Crippen LogP contribution is 2.19. The molecule has 100 valence electrons. The van der Waals surface area contributed by atoms with Gasteiger partial charge in [0.15, 0.2) is 0 Å². The number of carbonyl (C=O) groups excluding carboxylic acids is 1. The van der Waals surface area contributed by atoms with Crippen LogP contribution in [0.5, 0.6) is 5.88 Å². The maximum absolute atomic E-state index is 12.0. The van der Waals surface area contributed by atoms with Crippen molar-refractivity contribution in [1.29, 1.82) is 0 Å². The third-order valence-corrected chi connectivity index (χ3v) is 2.57. The predicted octanol–water partition coefficient (Wildman–Crippen LogP) is 2.15. The zero-order chi connectivity index (χ0) is 13.8. The van der Waals surface area contributed by atoms with Gasteiger partial charge in [0.25, 0.3) is 5.91 Å². The number of rotatable bonds is 5. The highest BCUT2D eigenvalue weighted by molar-refractivity contribution is 5.97. The van der Waals surface area contributed by atoms with Gasteiger partial charge < -0.3 is 14.8 Å². The van der Waals surface area contributed by atoms with Crippen molar-refractivity contribution in [3.05, 3.63) is 17.8 Å².